The summed E-state index contributed by atoms with van der Waals surface area (Å²) in [5.41, 5.74) is 3.31. The zero-order valence-corrected chi connectivity index (χ0v) is 10.6. The molecule has 0 saturated heterocycles. The second kappa shape index (κ2) is 6.30. The fraction of sp³-hybridized carbons (Fsp3) is 0.125. The van der Waals surface area contributed by atoms with Crippen molar-refractivity contribution >= 4 is 0 Å². The molecule has 0 spiro atoms. The molecule has 1 aliphatic carbocycles. The number of nitriles is 1. The summed E-state index contributed by atoms with van der Waals surface area (Å²) in [5.74, 6) is 2.18. The van der Waals surface area contributed by atoms with E-state index < -0.39 is 0 Å². The van der Waals surface area contributed by atoms with Crippen LogP contribution >= 0.6 is 0 Å². The molecule has 0 amide bonds. The molecule has 0 N–H and O–H groups in total. The van der Waals surface area contributed by atoms with Gasteiger partial charge in [0.05, 0.1) is 12.2 Å². The number of benzene rings is 1. The topological polar surface area (TPSA) is 42.2 Å². The number of rotatable bonds is 4. The maximum atomic E-state index is 8.77. The summed E-state index contributed by atoms with van der Waals surface area (Å²) < 4.78 is 11.0. The smallest absolute Gasteiger partial charge is 0.128 e. The van der Waals surface area contributed by atoms with Crippen LogP contribution in [0, 0.1) is 11.3 Å². The lowest BCUT2D eigenvalue weighted by atomic mass is 10.3. The number of hydrogen-bond acceptors (Lipinski definition) is 3. The SMILES string of the molecule is CCOc1ccc(OC2=CC=C=C(C#N)C=C2)cc1. The number of nitrogens with zero attached hydrogens (tertiary/aromatic N) is 1. The third-order valence-electron chi connectivity index (χ3n) is 2.39. The van der Waals surface area contributed by atoms with Crippen molar-refractivity contribution in [1.29, 1.82) is 5.26 Å². The lowest BCUT2D eigenvalue weighted by Gasteiger charge is -2.07. The Labute approximate surface area is 112 Å². The minimum atomic E-state index is 0.474. The standard InChI is InChI=1S/C16H13NO2/c1-2-18-14-8-10-16(11-9-14)19-15-5-3-4-13(12-17)6-7-15/h3,5-11H,2H2,1H3. The Morgan fingerprint density at radius 2 is 1.89 bits per heavy atom. The molecule has 1 aromatic carbocycles. The molecule has 0 fully saturated rings. The van der Waals surface area contributed by atoms with Crippen molar-refractivity contribution in [3.63, 3.8) is 0 Å². The van der Waals surface area contributed by atoms with E-state index in [9.17, 15) is 0 Å². The van der Waals surface area contributed by atoms with Crippen LogP contribution in [0.5, 0.6) is 11.5 Å². The van der Waals surface area contributed by atoms with E-state index >= 15 is 0 Å². The molecule has 94 valence electrons. The zero-order chi connectivity index (χ0) is 13.5. The number of ether oxygens (including phenoxy) is 2. The van der Waals surface area contributed by atoms with E-state index in [-0.39, 0.29) is 0 Å². The fourth-order valence-corrected chi connectivity index (χ4v) is 1.53. The molecule has 1 aromatic rings. The second-order valence-corrected chi connectivity index (χ2v) is 3.75. The minimum Gasteiger partial charge on any atom is -0.494 e. The molecule has 0 bridgehead atoms. The largest absolute Gasteiger partial charge is 0.494 e. The van der Waals surface area contributed by atoms with Gasteiger partial charge < -0.3 is 9.47 Å². The average molecular weight is 251 g/mol. The minimum absolute atomic E-state index is 0.474. The Hall–Kier alpha value is -2.69. The summed E-state index contributed by atoms with van der Waals surface area (Å²) in [6, 6.07) is 9.42. The van der Waals surface area contributed by atoms with Crippen molar-refractivity contribution in [2.45, 2.75) is 6.92 Å². The van der Waals surface area contributed by atoms with Crippen molar-refractivity contribution in [1.82, 2.24) is 0 Å². The number of hydrogen-bond donors (Lipinski definition) is 0. The van der Waals surface area contributed by atoms with Crippen molar-refractivity contribution in [3.05, 3.63) is 65.6 Å². The first-order valence-corrected chi connectivity index (χ1v) is 5.97. The summed E-state index contributed by atoms with van der Waals surface area (Å²) in [4.78, 5) is 0. The molecule has 1 aliphatic rings. The highest BCUT2D eigenvalue weighted by Crippen LogP contribution is 2.20. The van der Waals surface area contributed by atoms with E-state index in [4.69, 9.17) is 14.7 Å². The van der Waals surface area contributed by atoms with Gasteiger partial charge in [-0.2, -0.15) is 5.26 Å². The van der Waals surface area contributed by atoms with Gasteiger partial charge in [-0.25, -0.2) is 0 Å². The fourth-order valence-electron chi connectivity index (χ4n) is 1.53. The van der Waals surface area contributed by atoms with Crippen LogP contribution in [-0.4, -0.2) is 6.61 Å². The molecule has 0 unspecified atom stereocenters. The molecule has 2 rings (SSSR count). The van der Waals surface area contributed by atoms with Gasteiger partial charge in [-0.1, -0.05) is 0 Å². The van der Waals surface area contributed by atoms with Crippen LogP contribution in [0.2, 0.25) is 0 Å². The van der Waals surface area contributed by atoms with Gasteiger partial charge in [0.25, 0.3) is 0 Å². The van der Waals surface area contributed by atoms with Gasteiger partial charge in [-0.05, 0) is 55.5 Å². The summed E-state index contributed by atoms with van der Waals surface area (Å²) in [6.07, 6.45) is 6.84. The molecular weight excluding hydrogens is 238 g/mol. The molecule has 0 radical (unpaired) electrons. The zero-order valence-electron chi connectivity index (χ0n) is 10.6. The molecular formula is C16H13NO2. The van der Waals surface area contributed by atoms with Crippen LogP contribution in [0.15, 0.2) is 65.6 Å². The highest BCUT2D eigenvalue weighted by Gasteiger charge is 2.00. The summed E-state index contributed by atoms with van der Waals surface area (Å²) >= 11 is 0. The first kappa shape index (κ1) is 12.8. The summed E-state index contributed by atoms with van der Waals surface area (Å²) in [6.45, 7) is 2.58. The second-order valence-electron chi connectivity index (χ2n) is 3.75. The molecule has 0 aliphatic heterocycles. The maximum Gasteiger partial charge on any atom is 0.128 e. The molecule has 19 heavy (non-hydrogen) atoms. The quantitative estimate of drug-likeness (QED) is 0.769. The predicted octanol–water partition coefficient (Wildman–Crippen LogP) is 3.52. The summed E-state index contributed by atoms with van der Waals surface area (Å²) in [7, 11) is 0. The Bertz CT molecular complexity index is 609. The van der Waals surface area contributed by atoms with Gasteiger partial charge in [0.15, 0.2) is 0 Å². The van der Waals surface area contributed by atoms with E-state index in [0.29, 0.717) is 23.7 Å². The van der Waals surface area contributed by atoms with E-state index in [1.807, 2.05) is 37.3 Å². The van der Waals surface area contributed by atoms with Gasteiger partial charge >= 0.3 is 0 Å². The third-order valence-corrected chi connectivity index (χ3v) is 2.39. The number of allylic oxidation sites excluding steroid dienone is 4. The maximum absolute atomic E-state index is 8.77. The van der Waals surface area contributed by atoms with Crippen LogP contribution < -0.4 is 9.47 Å². The first-order valence-electron chi connectivity index (χ1n) is 5.97. The lowest BCUT2D eigenvalue weighted by molar-refractivity contribution is 0.339. The lowest BCUT2D eigenvalue weighted by Crippen LogP contribution is -1.93. The van der Waals surface area contributed by atoms with Crippen molar-refractivity contribution in [3.8, 4) is 17.6 Å². The van der Waals surface area contributed by atoms with E-state index in [1.54, 1.807) is 24.3 Å². The van der Waals surface area contributed by atoms with Gasteiger partial charge in [-0.3, -0.25) is 0 Å². The molecule has 0 saturated carbocycles. The van der Waals surface area contributed by atoms with E-state index in [1.165, 1.54) is 0 Å². The normalized spacial score (nSPS) is 13.1. The monoisotopic (exact) mass is 251 g/mol. The highest BCUT2D eigenvalue weighted by atomic mass is 16.5. The molecule has 0 atom stereocenters. The van der Waals surface area contributed by atoms with Gasteiger partial charge in [0.1, 0.15) is 23.3 Å². The van der Waals surface area contributed by atoms with Gasteiger partial charge in [0.2, 0.25) is 0 Å². The molecule has 3 heteroatoms. The Morgan fingerprint density at radius 1 is 1.16 bits per heavy atom. The van der Waals surface area contributed by atoms with Crippen LogP contribution in [0.3, 0.4) is 0 Å². The van der Waals surface area contributed by atoms with Crippen molar-refractivity contribution < 1.29 is 9.47 Å². The molecule has 3 nitrogen and oxygen atoms in total. The highest BCUT2D eigenvalue weighted by molar-refractivity contribution is 5.41. The van der Waals surface area contributed by atoms with Crippen molar-refractivity contribution in [2.75, 3.05) is 6.61 Å². The van der Waals surface area contributed by atoms with E-state index in [2.05, 4.69) is 5.73 Å². The van der Waals surface area contributed by atoms with Gasteiger partial charge in [0, 0.05) is 0 Å². The Kier molecular flexibility index (Phi) is 4.23. The Morgan fingerprint density at radius 3 is 2.58 bits per heavy atom. The van der Waals surface area contributed by atoms with Crippen LogP contribution in [0.4, 0.5) is 0 Å². The van der Waals surface area contributed by atoms with Crippen LogP contribution in [-0.2, 0) is 0 Å². The van der Waals surface area contributed by atoms with E-state index in [0.717, 1.165) is 5.75 Å². The summed E-state index contributed by atoms with van der Waals surface area (Å²) in [5, 5.41) is 8.77. The Balaban J connectivity index is 2.05. The average Bonchev–Trinajstić information content (AvgIpc) is 2.66. The first-order chi connectivity index (χ1) is 9.31. The van der Waals surface area contributed by atoms with Crippen LogP contribution in [0.25, 0.3) is 0 Å². The predicted molar refractivity (Wildman–Crippen MR) is 72.7 cm³/mol. The molecule has 0 heterocycles. The van der Waals surface area contributed by atoms with Crippen LogP contribution in [0.1, 0.15) is 6.92 Å². The van der Waals surface area contributed by atoms with Gasteiger partial charge in [-0.15, -0.1) is 5.73 Å². The van der Waals surface area contributed by atoms with Crippen molar-refractivity contribution in [2.24, 2.45) is 0 Å². The third kappa shape index (κ3) is 3.64. The molecule has 0 aromatic heterocycles.